The van der Waals surface area contributed by atoms with Crippen molar-refractivity contribution in [2.45, 2.75) is 30.2 Å². The molecule has 0 radical (unpaired) electrons. The monoisotopic (exact) mass is 275 g/mol. The maximum absolute atomic E-state index is 13.9. The summed E-state index contributed by atoms with van der Waals surface area (Å²) >= 11 is 1.63. The fraction of sp³-hybridized carbons (Fsp3) is 0.250. The molecule has 0 amide bonds. The largest absolute Gasteiger partial charge is 0.313 e. The molecule has 0 saturated heterocycles. The molecule has 100 valence electrons. The summed E-state index contributed by atoms with van der Waals surface area (Å²) in [6.07, 6.45) is 0. The van der Waals surface area contributed by atoms with Gasteiger partial charge in [-0.2, -0.15) is 0 Å². The van der Waals surface area contributed by atoms with Gasteiger partial charge in [0.1, 0.15) is 5.82 Å². The number of halogens is 1. The summed E-state index contributed by atoms with van der Waals surface area (Å²) in [6.45, 7) is 5.50. The molecule has 0 aliphatic carbocycles. The second-order valence-electron chi connectivity index (χ2n) is 4.36. The Balaban J connectivity index is 2.29. The van der Waals surface area contributed by atoms with Gasteiger partial charge in [0.15, 0.2) is 0 Å². The Kier molecular flexibility index (Phi) is 5.00. The van der Waals surface area contributed by atoms with Gasteiger partial charge in [-0.15, -0.1) is 0 Å². The molecule has 2 rings (SSSR count). The average molecular weight is 275 g/mol. The van der Waals surface area contributed by atoms with Crippen LogP contribution in [-0.2, 0) is 6.54 Å². The lowest BCUT2D eigenvalue weighted by atomic mass is 10.2. The highest BCUT2D eigenvalue weighted by molar-refractivity contribution is 7.99. The van der Waals surface area contributed by atoms with Gasteiger partial charge in [0, 0.05) is 21.9 Å². The van der Waals surface area contributed by atoms with Crippen LogP contribution in [0.3, 0.4) is 0 Å². The number of nitrogens with one attached hydrogen (secondary N) is 1. The fourth-order valence-corrected chi connectivity index (χ4v) is 2.90. The number of hydrogen-bond acceptors (Lipinski definition) is 2. The minimum atomic E-state index is -0.139. The Hall–Kier alpha value is -1.32. The third-order valence-electron chi connectivity index (χ3n) is 2.94. The van der Waals surface area contributed by atoms with Crippen LogP contribution in [0.5, 0.6) is 0 Å². The zero-order chi connectivity index (χ0) is 13.7. The predicted octanol–water partition coefficient (Wildman–Crippen LogP) is 4.39. The zero-order valence-corrected chi connectivity index (χ0v) is 12.1. The lowest BCUT2D eigenvalue weighted by Crippen LogP contribution is -2.13. The van der Waals surface area contributed by atoms with Crippen LogP contribution in [0.2, 0.25) is 0 Å². The lowest BCUT2D eigenvalue weighted by molar-refractivity contribution is 0.586. The average Bonchev–Trinajstić information content (AvgIpc) is 2.41. The van der Waals surface area contributed by atoms with Gasteiger partial charge in [-0.05, 0) is 37.2 Å². The van der Waals surface area contributed by atoms with E-state index in [0.29, 0.717) is 6.54 Å². The third-order valence-corrected chi connectivity index (χ3v) is 4.22. The van der Waals surface area contributed by atoms with Crippen LogP contribution in [-0.4, -0.2) is 6.54 Å². The van der Waals surface area contributed by atoms with E-state index in [4.69, 9.17) is 0 Å². The van der Waals surface area contributed by atoms with Gasteiger partial charge in [-0.25, -0.2) is 4.39 Å². The van der Waals surface area contributed by atoms with Crippen molar-refractivity contribution in [3.05, 3.63) is 59.4 Å². The SMILES string of the molecule is CCNCc1c(F)cccc1Sc1ccccc1C. The van der Waals surface area contributed by atoms with E-state index in [0.717, 1.165) is 17.0 Å². The third kappa shape index (κ3) is 3.58. The molecule has 0 aliphatic heterocycles. The van der Waals surface area contributed by atoms with Crippen molar-refractivity contribution in [3.8, 4) is 0 Å². The zero-order valence-electron chi connectivity index (χ0n) is 11.2. The van der Waals surface area contributed by atoms with Crippen LogP contribution in [0.1, 0.15) is 18.1 Å². The van der Waals surface area contributed by atoms with E-state index in [1.807, 2.05) is 25.1 Å². The van der Waals surface area contributed by atoms with Crippen molar-refractivity contribution >= 4 is 11.8 Å². The van der Waals surface area contributed by atoms with Gasteiger partial charge >= 0.3 is 0 Å². The van der Waals surface area contributed by atoms with Crippen molar-refractivity contribution in [1.82, 2.24) is 5.32 Å². The lowest BCUT2D eigenvalue weighted by Gasteiger charge is -2.12. The molecule has 2 aromatic rings. The molecule has 0 aliphatic rings. The second-order valence-corrected chi connectivity index (χ2v) is 5.45. The summed E-state index contributed by atoms with van der Waals surface area (Å²) < 4.78 is 13.9. The summed E-state index contributed by atoms with van der Waals surface area (Å²) in [6, 6.07) is 13.4. The highest BCUT2D eigenvalue weighted by atomic mass is 32.2. The molecule has 0 atom stereocenters. The first-order valence-electron chi connectivity index (χ1n) is 6.44. The molecule has 19 heavy (non-hydrogen) atoms. The van der Waals surface area contributed by atoms with E-state index in [1.165, 1.54) is 16.5 Å². The first-order chi connectivity index (χ1) is 9.22. The Morgan fingerprint density at radius 3 is 2.53 bits per heavy atom. The van der Waals surface area contributed by atoms with E-state index >= 15 is 0 Å². The fourth-order valence-electron chi connectivity index (χ4n) is 1.85. The minimum Gasteiger partial charge on any atom is -0.313 e. The van der Waals surface area contributed by atoms with E-state index < -0.39 is 0 Å². The Bertz CT molecular complexity index is 554. The molecule has 0 spiro atoms. The van der Waals surface area contributed by atoms with E-state index in [-0.39, 0.29) is 5.82 Å². The molecule has 1 nitrogen and oxygen atoms in total. The molecule has 3 heteroatoms. The first-order valence-corrected chi connectivity index (χ1v) is 7.25. The van der Waals surface area contributed by atoms with Crippen LogP contribution in [0, 0.1) is 12.7 Å². The summed E-state index contributed by atoms with van der Waals surface area (Å²) in [5.41, 5.74) is 1.96. The van der Waals surface area contributed by atoms with Gasteiger partial charge in [0.05, 0.1) is 0 Å². The number of benzene rings is 2. The smallest absolute Gasteiger partial charge is 0.128 e. The van der Waals surface area contributed by atoms with Gasteiger partial charge in [-0.1, -0.05) is 43.0 Å². The van der Waals surface area contributed by atoms with Crippen molar-refractivity contribution < 1.29 is 4.39 Å². The molecule has 0 aromatic heterocycles. The van der Waals surface area contributed by atoms with E-state index in [2.05, 4.69) is 24.4 Å². The Labute approximate surface area is 118 Å². The van der Waals surface area contributed by atoms with Crippen molar-refractivity contribution in [3.63, 3.8) is 0 Å². The summed E-state index contributed by atoms with van der Waals surface area (Å²) in [5, 5.41) is 3.19. The van der Waals surface area contributed by atoms with Crippen LogP contribution < -0.4 is 5.32 Å². The van der Waals surface area contributed by atoms with Crippen molar-refractivity contribution in [2.24, 2.45) is 0 Å². The highest BCUT2D eigenvalue weighted by Crippen LogP contribution is 2.33. The molecular weight excluding hydrogens is 257 g/mol. The molecule has 0 bridgehead atoms. The molecule has 1 N–H and O–H groups in total. The summed E-state index contributed by atoms with van der Waals surface area (Å²) in [5.74, 6) is -0.139. The number of aryl methyl sites for hydroxylation is 1. The van der Waals surface area contributed by atoms with Crippen LogP contribution >= 0.6 is 11.8 Å². The van der Waals surface area contributed by atoms with E-state index in [9.17, 15) is 4.39 Å². The normalized spacial score (nSPS) is 10.7. The molecule has 0 saturated carbocycles. The number of rotatable bonds is 5. The van der Waals surface area contributed by atoms with E-state index in [1.54, 1.807) is 17.8 Å². The highest BCUT2D eigenvalue weighted by Gasteiger charge is 2.10. The van der Waals surface area contributed by atoms with Crippen LogP contribution in [0.4, 0.5) is 4.39 Å². The number of hydrogen-bond donors (Lipinski definition) is 1. The maximum Gasteiger partial charge on any atom is 0.128 e. The first kappa shape index (κ1) is 14.1. The molecule has 2 aromatic carbocycles. The predicted molar refractivity (Wildman–Crippen MR) is 79.1 cm³/mol. The van der Waals surface area contributed by atoms with Crippen molar-refractivity contribution in [1.29, 1.82) is 0 Å². The minimum absolute atomic E-state index is 0.139. The van der Waals surface area contributed by atoms with Crippen LogP contribution in [0.25, 0.3) is 0 Å². The summed E-state index contributed by atoms with van der Waals surface area (Å²) in [4.78, 5) is 2.15. The Morgan fingerprint density at radius 1 is 1.05 bits per heavy atom. The molecule has 0 unspecified atom stereocenters. The maximum atomic E-state index is 13.9. The summed E-state index contributed by atoms with van der Waals surface area (Å²) in [7, 11) is 0. The second kappa shape index (κ2) is 6.73. The quantitative estimate of drug-likeness (QED) is 0.868. The van der Waals surface area contributed by atoms with Gasteiger partial charge in [-0.3, -0.25) is 0 Å². The van der Waals surface area contributed by atoms with Gasteiger partial charge in [0.25, 0.3) is 0 Å². The molecule has 0 heterocycles. The molecule has 0 fully saturated rings. The Morgan fingerprint density at radius 2 is 1.79 bits per heavy atom. The standard InChI is InChI=1S/C16H18FNS/c1-3-18-11-13-14(17)8-6-10-16(13)19-15-9-5-4-7-12(15)2/h4-10,18H,3,11H2,1-2H3. The molecular formula is C16H18FNS. The van der Waals surface area contributed by atoms with Crippen molar-refractivity contribution in [2.75, 3.05) is 6.54 Å². The van der Waals surface area contributed by atoms with Crippen LogP contribution in [0.15, 0.2) is 52.3 Å². The topological polar surface area (TPSA) is 12.0 Å². The van der Waals surface area contributed by atoms with Gasteiger partial charge < -0.3 is 5.32 Å². The van der Waals surface area contributed by atoms with Gasteiger partial charge in [0.2, 0.25) is 0 Å².